The molecule has 0 atom stereocenters. The van der Waals surface area contributed by atoms with Crippen LogP contribution < -0.4 is 15.0 Å². The third kappa shape index (κ3) is 6.62. The Morgan fingerprint density at radius 2 is 1.91 bits per heavy atom. The molecule has 1 fully saturated rings. The molecule has 2 aromatic carbocycles. The van der Waals surface area contributed by atoms with Gasteiger partial charge in [-0.05, 0) is 48.5 Å². The van der Waals surface area contributed by atoms with Gasteiger partial charge in [-0.25, -0.2) is 4.98 Å². The minimum atomic E-state index is -0.0431. The number of benzene rings is 2. The maximum atomic E-state index is 12.2. The molecule has 1 aliphatic heterocycles. The number of carbonyl (C=O) groups excluding carboxylic acids is 1. The van der Waals surface area contributed by atoms with Crippen LogP contribution in [0.4, 0.5) is 11.4 Å². The summed E-state index contributed by atoms with van der Waals surface area (Å²) in [7, 11) is 0. The van der Waals surface area contributed by atoms with Gasteiger partial charge in [0.15, 0.2) is 5.82 Å². The lowest BCUT2D eigenvalue weighted by Crippen LogP contribution is -2.36. The molecule has 1 amide bonds. The van der Waals surface area contributed by atoms with Crippen molar-refractivity contribution < 1.29 is 14.3 Å². The van der Waals surface area contributed by atoms with E-state index in [0.717, 1.165) is 37.7 Å². The number of nitrogens with one attached hydrogen (secondary N) is 2. The number of aromatic nitrogens is 3. The van der Waals surface area contributed by atoms with Crippen molar-refractivity contribution in [3.8, 4) is 5.75 Å². The lowest BCUT2D eigenvalue weighted by molar-refractivity contribution is -0.115. The summed E-state index contributed by atoms with van der Waals surface area (Å²) in [5, 5.41) is 11.2. The van der Waals surface area contributed by atoms with Gasteiger partial charge in [0.05, 0.1) is 13.2 Å². The first-order chi connectivity index (χ1) is 15.7. The lowest BCUT2D eigenvalue weighted by Gasteiger charge is -2.28. The molecule has 0 aliphatic carbocycles. The number of thioether (sulfide) groups is 1. The normalized spacial score (nSPS) is 13.7. The van der Waals surface area contributed by atoms with Crippen molar-refractivity contribution in [3.05, 3.63) is 59.4 Å². The van der Waals surface area contributed by atoms with Crippen LogP contribution in [0.15, 0.2) is 53.7 Å². The molecule has 2 N–H and O–H groups in total. The average Bonchev–Trinajstić information content (AvgIpc) is 3.27. The van der Waals surface area contributed by atoms with Gasteiger partial charge in [-0.2, -0.15) is 0 Å². The maximum absolute atomic E-state index is 12.2. The second-order valence-electron chi connectivity index (χ2n) is 7.10. The van der Waals surface area contributed by atoms with E-state index < -0.39 is 0 Å². The number of H-pyrrole nitrogens is 1. The van der Waals surface area contributed by atoms with Crippen LogP contribution in [0.2, 0.25) is 5.02 Å². The fraction of sp³-hybridized carbons (Fsp3) is 0.318. The summed E-state index contributed by atoms with van der Waals surface area (Å²) in [6, 6.07) is 15.0. The highest BCUT2D eigenvalue weighted by Crippen LogP contribution is 2.20. The van der Waals surface area contributed by atoms with E-state index in [0.29, 0.717) is 33.9 Å². The van der Waals surface area contributed by atoms with E-state index in [2.05, 4.69) is 25.4 Å². The Kier molecular flexibility index (Phi) is 7.87. The number of halogens is 1. The molecule has 1 aliphatic rings. The van der Waals surface area contributed by atoms with Crippen LogP contribution in [-0.2, 0) is 16.1 Å². The van der Waals surface area contributed by atoms with Gasteiger partial charge >= 0.3 is 0 Å². The largest absolute Gasteiger partial charge is 0.486 e. The first kappa shape index (κ1) is 22.4. The third-order valence-corrected chi connectivity index (χ3v) is 5.89. The zero-order valence-electron chi connectivity index (χ0n) is 17.4. The zero-order chi connectivity index (χ0) is 22.2. The highest BCUT2D eigenvalue weighted by atomic mass is 35.5. The Labute approximate surface area is 195 Å². The summed E-state index contributed by atoms with van der Waals surface area (Å²) in [6.45, 7) is 3.55. The number of rotatable bonds is 9. The van der Waals surface area contributed by atoms with E-state index in [9.17, 15) is 4.79 Å². The molecular weight excluding hydrogens is 450 g/mol. The summed E-state index contributed by atoms with van der Waals surface area (Å²) >= 11 is 7.28. The van der Waals surface area contributed by atoms with Crippen LogP contribution in [0.3, 0.4) is 0 Å². The van der Waals surface area contributed by atoms with E-state index in [1.54, 1.807) is 24.3 Å². The molecule has 168 valence electrons. The Hall–Kier alpha value is -2.75. The number of hydrogen-bond donors (Lipinski definition) is 2. The molecular formula is C22H24ClN5O3S. The van der Waals surface area contributed by atoms with Crippen molar-refractivity contribution in [2.45, 2.75) is 18.2 Å². The number of carbonyl (C=O) groups is 1. The van der Waals surface area contributed by atoms with E-state index in [-0.39, 0.29) is 12.5 Å². The van der Waals surface area contributed by atoms with Gasteiger partial charge in [0, 0.05) is 41.7 Å². The topological polar surface area (TPSA) is 92.4 Å². The standard InChI is InChI=1S/C22H24ClN5O3S/c23-16-1-7-19(8-2-16)31-15-20-25-22(27-26-20)32-14-9-21(29)24-17-3-5-18(6-4-17)28-10-12-30-13-11-28/h1-8H,9-15H2,(H,24,29)(H,25,26,27). The summed E-state index contributed by atoms with van der Waals surface area (Å²) in [6.07, 6.45) is 0.362. The van der Waals surface area contributed by atoms with Gasteiger partial charge in [0.2, 0.25) is 11.1 Å². The minimum Gasteiger partial charge on any atom is -0.486 e. The Balaban J connectivity index is 1.17. The molecule has 4 rings (SSSR count). The van der Waals surface area contributed by atoms with Crippen LogP contribution in [0.25, 0.3) is 0 Å². The number of aromatic amines is 1. The SMILES string of the molecule is O=C(CCSc1n[nH]c(COc2ccc(Cl)cc2)n1)Nc1ccc(N2CCOCC2)cc1. The molecule has 0 radical (unpaired) electrons. The van der Waals surface area contributed by atoms with Gasteiger partial charge in [0.25, 0.3) is 0 Å². The fourth-order valence-corrected chi connectivity index (χ4v) is 4.01. The van der Waals surface area contributed by atoms with E-state index >= 15 is 0 Å². The summed E-state index contributed by atoms with van der Waals surface area (Å²) in [4.78, 5) is 18.9. The summed E-state index contributed by atoms with van der Waals surface area (Å²) in [5.41, 5.74) is 1.93. The van der Waals surface area contributed by atoms with Crippen LogP contribution >= 0.6 is 23.4 Å². The van der Waals surface area contributed by atoms with Crippen molar-refractivity contribution >= 4 is 40.6 Å². The first-order valence-corrected chi connectivity index (χ1v) is 11.7. The minimum absolute atomic E-state index is 0.0431. The molecule has 1 aromatic heterocycles. The van der Waals surface area contributed by atoms with Gasteiger partial charge < -0.3 is 19.7 Å². The second-order valence-corrected chi connectivity index (χ2v) is 8.60. The molecule has 1 saturated heterocycles. The number of ether oxygens (including phenoxy) is 2. The fourth-order valence-electron chi connectivity index (χ4n) is 3.13. The van der Waals surface area contributed by atoms with Gasteiger partial charge in [-0.15, -0.1) is 5.10 Å². The summed E-state index contributed by atoms with van der Waals surface area (Å²) < 4.78 is 11.0. The monoisotopic (exact) mass is 473 g/mol. The average molecular weight is 474 g/mol. The molecule has 32 heavy (non-hydrogen) atoms. The molecule has 8 nitrogen and oxygen atoms in total. The quantitative estimate of drug-likeness (QED) is 0.454. The van der Waals surface area contributed by atoms with Crippen LogP contribution in [0.1, 0.15) is 12.2 Å². The predicted molar refractivity (Wildman–Crippen MR) is 126 cm³/mol. The Morgan fingerprint density at radius 3 is 2.66 bits per heavy atom. The predicted octanol–water partition coefficient (Wildman–Crippen LogP) is 3.99. The number of morpholine rings is 1. The van der Waals surface area contributed by atoms with Gasteiger partial charge in [-0.3, -0.25) is 9.89 Å². The Morgan fingerprint density at radius 1 is 1.16 bits per heavy atom. The zero-order valence-corrected chi connectivity index (χ0v) is 19.0. The van der Waals surface area contributed by atoms with Crippen LogP contribution in [-0.4, -0.2) is 53.1 Å². The maximum Gasteiger partial charge on any atom is 0.225 e. The lowest BCUT2D eigenvalue weighted by atomic mass is 10.2. The smallest absolute Gasteiger partial charge is 0.225 e. The highest BCUT2D eigenvalue weighted by molar-refractivity contribution is 7.99. The number of amides is 1. The van der Waals surface area contributed by atoms with Crippen molar-refractivity contribution in [2.24, 2.45) is 0 Å². The molecule has 3 aromatic rings. The second kappa shape index (κ2) is 11.2. The van der Waals surface area contributed by atoms with E-state index in [1.165, 1.54) is 11.8 Å². The van der Waals surface area contributed by atoms with Gasteiger partial charge in [0.1, 0.15) is 12.4 Å². The number of anilines is 2. The van der Waals surface area contributed by atoms with E-state index in [1.807, 2.05) is 24.3 Å². The van der Waals surface area contributed by atoms with Crippen molar-refractivity contribution in [2.75, 3.05) is 42.3 Å². The molecule has 0 unspecified atom stereocenters. The van der Waals surface area contributed by atoms with Crippen LogP contribution in [0, 0.1) is 0 Å². The highest BCUT2D eigenvalue weighted by Gasteiger charge is 2.11. The van der Waals surface area contributed by atoms with Crippen molar-refractivity contribution in [1.29, 1.82) is 0 Å². The third-order valence-electron chi connectivity index (χ3n) is 4.79. The molecule has 10 heteroatoms. The number of hydrogen-bond acceptors (Lipinski definition) is 7. The van der Waals surface area contributed by atoms with Crippen molar-refractivity contribution in [3.63, 3.8) is 0 Å². The Bertz CT molecular complexity index is 1010. The molecule has 2 heterocycles. The van der Waals surface area contributed by atoms with Gasteiger partial charge in [-0.1, -0.05) is 23.4 Å². The first-order valence-electron chi connectivity index (χ1n) is 10.3. The van der Waals surface area contributed by atoms with Crippen molar-refractivity contribution in [1.82, 2.24) is 15.2 Å². The van der Waals surface area contributed by atoms with Crippen LogP contribution in [0.5, 0.6) is 5.75 Å². The molecule has 0 bridgehead atoms. The molecule has 0 spiro atoms. The molecule has 0 saturated carbocycles. The number of nitrogens with zero attached hydrogens (tertiary/aromatic N) is 3. The van der Waals surface area contributed by atoms with E-state index in [4.69, 9.17) is 21.1 Å². The summed E-state index contributed by atoms with van der Waals surface area (Å²) in [5.74, 6) is 1.85.